The smallest absolute Gasteiger partial charge is 0.266 e. The number of halogens is 1. The quantitative estimate of drug-likeness (QED) is 0.334. The summed E-state index contributed by atoms with van der Waals surface area (Å²) in [5.74, 6) is 0.0284. The zero-order chi connectivity index (χ0) is 21.1. The van der Waals surface area contributed by atoms with E-state index in [0.717, 1.165) is 10.4 Å². The van der Waals surface area contributed by atoms with E-state index in [2.05, 4.69) is 10.3 Å². The first-order chi connectivity index (χ1) is 14.5. The molecule has 0 saturated heterocycles. The van der Waals surface area contributed by atoms with Crippen molar-refractivity contribution in [3.63, 3.8) is 0 Å². The van der Waals surface area contributed by atoms with Crippen LogP contribution in [-0.4, -0.2) is 21.2 Å². The molecule has 30 heavy (non-hydrogen) atoms. The van der Waals surface area contributed by atoms with Crippen molar-refractivity contribution in [2.24, 2.45) is 0 Å². The molecule has 4 aromatic rings. The van der Waals surface area contributed by atoms with Gasteiger partial charge in [0, 0.05) is 9.90 Å². The lowest BCUT2D eigenvalue weighted by atomic mass is 10.2. The molecule has 0 aliphatic carbocycles. The fraction of sp³-hybridized carbons (Fsp3) is 0.136. The minimum absolute atomic E-state index is 0.120. The molecular formula is C22H18ClN3O2S2. The minimum Gasteiger partial charge on any atom is -0.350 e. The second-order valence-electron chi connectivity index (χ2n) is 6.58. The van der Waals surface area contributed by atoms with Gasteiger partial charge < -0.3 is 5.32 Å². The van der Waals surface area contributed by atoms with Crippen LogP contribution in [0.3, 0.4) is 0 Å². The Hall–Kier alpha value is -2.61. The Bertz CT molecular complexity index is 1270. The zero-order valence-corrected chi connectivity index (χ0v) is 18.5. The van der Waals surface area contributed by atoms with Gasteiger partial charge in [-0.1, -0.05) is 47.6 Å². The number of para-hydroxylation sites is 1. The van der Waals surface area contributed by atoms with Gasteiger partial charge in [0.25, 0.3) is 5.56 Å². The summed E-state index contributed by atoms with van der Waals surface area (Å²) < 4.78 is 1.54. The van der Waals surface area contributed by atoms with E-state index in [1.54, 1.807) is 40.2 Å². The Morgan fingerprint density at radius 1 is 1.17 bits per heavy atom. The third-order valence-corrected chi connectivity index (χ3v) is 6.82. The Morgan fingerprint density at radius 3 is 2.80 bits per heavy atom. The molecule has 2 heterocycles. The second-order valence-corrected chi connectivity index (χ2v) is 8.96. The van der Waals surface area contributed by atoms with Gasteiger partial charge in [-0.2, -0.15) is 0 Å². The van der Waals surface area contributed by atoms with Crippen LogP contribution >= 0.6 is 34.7 Å². The van der Waals surface area contributed by atoms with Crippen molar-refractivity contribution in [3.05, 3.63) is 85.8 Å². The van der Waals surface area contributed by atoms with Crippen molar-refractivity contribution in [2.75, 3.05) is 5.75 Å². The summed E-state index contributed by atoms with van der Waals surface area (Å²) in [4.78, 5) is 31.4. The van der Waals surface area contributed by atoms with E-state index in [9.17, 15) is 9.59 Å². The molecule has 0 bridgehead atoms. The number of carbonyl (C=O) groups excluding carboxylic acids is 1. The SMILES string of the molecule is Cc1c(Cl)cccc1-n1c(SCC(=O)NCc2cccs2)nc2ccccc2c1=O. The monoisotopic (exact) mass is 455 g/mol. The summed E-state index contributed by atoms with van der Waals surface area (Å²) in [6, 6.07) is 16.5. The molecule has 0 radical (unpaired) electrons. The van der Waals surface area contributed by atoms with E-state index in [0.29, 0.717) is 33.3 Å². The molecule has 0 fully saturated rings. The van der Waals surface area contributed by atoms with Crippen LogP contribution in [0.1, 0.15) is 10.4 Å². The molecule has 4 rings (SSSR count). The number of thioether (sulfide) groups is 1. The van der Waals surface area contributed by atoms with Gasteiger partial charge in [-0.05, 0) is 48.2 Å². The van der Waals surface area contributed by atoms with Crippen molar-refractivity contribution in [1.82, 2.24) is 14.9 Å². The van der Waals surface area contributed by atoms with E-state index >= 15 is 0 Å². The Kier molecular flexibility index (Phi) is 6.22. The molecule has 0 atom stereocenters. The van der Waals surface area contributed by atoms with Crippen molar-refractivity contribution < 1.29 is 4.79 Å². The highest BCUT2D eigenvalue weighted by Crippen LogP contribution is 2.26. The normalized spacial score (nSPS) is 11.0. The molecule has 152 valence electrons. The van der Waals surface area contributed by atoms with Gasteiger partial charge in [0.1, 0.15) is 0 Å². The van der Waals surface area contributed by atoms with E-state index in [1.807, 2.05) is 42.6 Å². The van der Waals surface area contributed by atoms with Crippen LogP contribution in [0.25, 0.3) is 16.6 Å². The molecular weight excluding hydrogens is 438 g/mol. The van der Waals surface area contributed by atoms with Crippen LogP contribution < -0.4 is 10.9 Å². The van der Waals surface area contributed by atoms with Gasteiger partial charge >= 0.3 is 0 Å². The standard InChI is InChI=1S/C22H18ClN3O2S2/c1-14-17(23)8-4-10-19(14)26-21(28)16-7-2-3-9-18(16)25-22(26)30-13-20(27)24-12-15-6-5-11-29-15/h2-11H,12-13H2,1H3,(H,24,27). The van der Waals surface area contributed by atoms with Gasteiger partial charge in [-0.3, -0.25) is 14.2 Å². The summed E-state index contributed by atoms with van der Waals surface area (Å²) in [6.45, 7) is 2.35. The van der Waals surface area contributed by atoms with Crippen LogP contribution in [0.5, 0.6) is 0 Å². The number of carbonyl (C=O) groups is 1. The summed E-state index contributed by atoms with van der Waals surface area (Å²) >= 11 is 9.12. The van der Waals surface area contributed by atoms with Gasteiger partial charge in [0.15, 0.2) is 5.16 Å². The molecule has 0 unspecified atom stereocenters. The Labute approximate surface area is 186 Å². The van der Waals surface area contributed by atoms with E-state index in [-0.39, 0.29) is 17.2 Å². The number of benzene rings is 2. The highest BCUT2D eigenvalue weighted by Gasteiger charge is 2.17. The number of thiophene rings is 1. The first-order valence-corrected chi connectivity index (χ1v) is 11.5. The molecule has 8 heteroatoms. The predicted molar refractivity (Wildman–Crippen MR) is 124 cm³/mol. The lowest BCUT2D eigenvalue weighted by Gasteiger charge is -2.15. The van der Waals surface area contributed by atoms with Crippen molar-refractivity contribution in [1.29, 1.82) is 0 Å². The van der Waals surface area contributed by atoms with Gasteiger partial charge in [0.2, 0.25) is 5.91 Å². The summed E-state index contributed by atoms with van der Waals surface area (Å²) in [5.41, 5.74) is 1.85. The van der Waals surface area contributed by atoms with Crippen molar-refractivity contribution >= 4 is 51.5 Å². The largest absolute Gasteiger partial charge is 0.350 e. The van der Waals surface area contributed by atoms with E-state index < -0.39 is 0 Å². The number of aromatic nitrogens is 2. The van der Waals surface area contributed by atoms with E-state index in [4.69, 9.17) is 11.6 Å². The van der Waals surface area contributed by atoms with Crippen LogP contribution in [0.2, 0.25) is 5.02 Å². The van der Waals surface area contributed by atoms with E-state index in [1.165, 1.54) is 11.8 Å². The van der Waals surface area contributed by atoms with Crippen LogP contribution in [0.15, 0.2) is 69.9 Å². The first kappa shape index (κ1) is 20.7. The first-order valence-electron chi connectivity index (χ1n) is 9.24. The number of fused-ring (bicyclic) bond motifs is 1. The molecule has 0 aliphatic heterocycles. The predicted octanol–water partition coefficient (Wildman–Crippen LogP) is 4.82. The average Bonchev–Trinajstić information content (AvgIpc) is 3.27. The highest BCUT2D eigenvalue weighted by atomic mass is 35.5. The Morgan fingerprint density at radius 2 is 2.00 bits per heavy atom. The summed E-state index contributed by atoms with van der Waals surface area (Å²) in [7, 11) is 0. The highest BCUT2D eigenvalue weighted by molar-refractivity contribution is 7.99. The molecule has 5 nitrogen and oxygen atoms in total. The minimum atomic E-state index is -0.188. The molecule has 0 aliphatic rings. The summed E-state index contributed by atoms with van der Waals surface area (Å²) in [6.07, 6.45) is 0. The van der Waals surface area contributed by atoms with Crippen LogP contribution in [0, 0.1) is 6.92 Å². The maximum absolute atomic E-state index is 13.3. The fourth-order valence-electron chi connectivity index (χ4n) is 3.04. The third-order valence-electron chi connectivity index (χ3n) is 4.60. The third kappa shape index (κ3) is 4.28. The number of rotatable bonds is 6. The number of hydrogen-bond donors (Lipinski definition) is 1. The van der Waals surface area contributed by atoms with Gasteiger partial charge in [-0.25, -0.2) is 4.98 Å². The fourth-order valence-corrected chi connectivity index (χ4v) is 4.69. The molecule has 0 saturated carbocycles. The average molecular weight is 456 g/mol. The number of nitrogens with zero attached hydrogens (tertiary/aromatic N) is 2. The maximum atomic E-state index is 13.3. The molecule has 1 N–H and O–H groups in total. The number of amides is 1. The molecule has 2 aromatic heterocycles. The summed E-state index contributed by atoms with van der Waals surface area (Å²) in [5, 5.41) is 6.41. The van der Waals surface area contributed by atoms with Crippen LogP contribution in [0.4, 0.5) is 0 Å². The maximum Gasteiger partial charge on any atom is 0.266 e. The lowest BCUT2D eigenvalue weighted by Crippen LogP contribution is -2.26. The van der Waals surface area contributed by atoms with Crippen molar-refractivity contribution in [2.45, 2.75) is 18.6 Å². The second kappa shape index (κ2) is 9.04. The zero-order valence-electron chi connectivity index (χ0n) is 16.1. The number of hydrogen-bond acceptors (Lipinski definition) is 5. The lowest BCUT2D eigenvalue weighted by molar-refractivity contribution is -0.118. The van der Waals surface area contributed by atoms with Crippen molar-refractivity contribution in [3.8, 4) is 5.69 Å². The van der Waals surface area contributed by atoms with Gasteiger partial charge in [0.05, 0.1) is 28.9 Å². The topological polar surface area (TPSA) is 64.0 Å². The van der Waals surface area contributed by atoms with Gasteiger partial charge in [-0.15, -0.1) is 11.3 Å². The molecule has 2 aromatic carbocycles. The van der Waals surface area contributed by atoms with Crippen LogP contribution in [-0.2, 0) is 11.3 Å². The number of nitrogens with one attached hydrogen (secondary N) is 1. The molecule has 0 spiro atoms. The molecule has 1 amide bonds. The Balaban J connectivity index is 1.68.